The first-order valence-electron chi connectivity index (χ1n) is 8.57. The molecule has 1 atom stereocenters. The summed E-state index contributed by atoms with van der Waals surface area (Å²) in [4.78, 5) is 29.2. The molecular weight excluding hydrogens is 334 g/mol. The number of esters is 1. The van der Waals surface area contributed by atoms with Gasteiger partial charge in [-0.3, -0.25) is 9.36 Å². The van der Waals surface area contributed by atoms with Crippen LogP contribution in [0.5, 0.6) is 0 Å². The van der Waals surface area contributed by atoms with Crippen molar-refractivity contribution in [3.8, 4) is 0 Å². The summed E-state index contributed by atoms with van der Waals surface area (Å²) in [6.07, 6.45) is 1.79. The summed E-state index contributed by atoms with van der Waals surface area (Å²) in [6, 6.07) is 7.30. The maximum absolute atomic E-state index is 12.7. The zero-order valence-electron chi connectivity index (χ0n) is 15.0. The molecule has 2 aromatic heterocycles. The Bertz CT molecular complexity index is 975. The van der Waals surface area contributed by atoms with Crippen molar-refractivity contribution in [2.45, 2.75) is 39.8 Å². The average Bonchev–Trinajstić information content (AvgIpc) is 3.03. The lowest BCUT2D eigenvalue weighted by molar-refractivity contribution is -0.147. The van der Waals surface area contributed by atoms with E-state index in [1.807, 2.05) is 38.1 Å². The second kappa shape index (κ2) is 7.47. The quantitative estimate of drug-likeness (QED) is 0.627. The minimum Gasteiger partial charge on any atom is -0.464 e. The van der Waals surface area contributed by atoms with E-state index in [1.165, 1.54) is 16.5 Å². The van der Waals surface area contributed by atoms with E-state index < -0.39 is 17.6 Å². The molecule has 0 aliphatic rings. The van der Waals surface area contributed by atoms with Crippen LogP contribution in [0.15, 0.2) is 35.4 Å². The van der Waals surface area contributed by atoms with E-state index in [0.29, 0.717) is 18.6 Å². The highest BCUT2D eigenvalue weighted by Gasteiger charge is 2.23. The monoisotopic (exact) mass is 355 g/mol. The van der Waals surface area contributed by atoms with E-state index in [-0.39, 0.29) is 12.1 Å². The molecular formula is C18H21N5O3. The van der Waals surface area contributed by atoms with Gasteiger partial charge >= 0.3 is 5.97 Å². The third-order valence-corrected chi connectivity index (χ3v) is 4.18. The molecule has 0 saturated heterocycles. The molecule has 1 aromatic carbocycles. The van der Waals surface area contributed by atoms with E-state index in [9.17, 15) is 9.59 Å². The minimum atomic E-state index is -0.721. The van der Waals surface area contributed by atoms with E-state index >= 15 is 0 Å². The van der Waals surface area contributed by atoms with Gasteiger partial charge in [-0.15, -0.1) is 5.10 Å². The molecule has 3 aromatic rings. The lowest BCUT2D eigenvalue weighted by atomic mass is 10.1. The van der Waals surface area contributed by atoms with Crippen molar-refractivity contribution in [1.82, 2.24) is 24.5 Å². The largest absolute Gasteiger partial charge is 0.464 e. The topological polar surface area (TPSA) is 91.9 Å². The van der Waals surface area contributed by atoms with Crippen molar-refractivity contribution in [3.63, 3.8) is 0 Å². The van der Waals surface area contributed by atoms with Gasteiger partial charge in [0.05, 0.1) is 13.2 Å². The van der Waals surface area contributed by atoms with Crippen LogP contribution < -0.4 is 5.56 Å². The fraction of sp³-hybridized carbons (Fsp3) is 0.389. The standard InChI is InChI=1S/C18H21N5O3/c1-4-14(18(25)26-5-2)22-11-19-16-15(17(22)24)20-21-23(16)10-13-8-6-12(3)7-9-13/h6-9,11,14H,4-5,10H2,1-3H3. The Kier molecular flexibility index (Phi) is 5.11. The summed E-state index contributed by atoms with van der Waals surface area (Å²) in [5.41, 5.74) is 2.34. The molecule has 3 rings (SSSR count). The van der Waals surface area contributed by atoms with Gasteiger partial charge in [-0.25, -0.2) is 14.5 Å². The Morgan fingerprint density at radius 2 is 1.96 bits per heavy atom. The van der Waals surface area contributed by atoms with Crippen LogP contribution in [0.1, 0.15) is 37.4 Å². The Morgan fingerprint density at radius 3 is 2.62 bits per heavy atom. The molecule has 0 N–H and O–H groups in total. The summed E-state index contributed by atoms with van der Waals surface area (Å²) in [5.74, 6) is -0.453. The summed E-state index contributed by atoms with van der Waals surface area (Å²) in [6.45, 7) is 6.28. The molecule has 2 heterocycles. The van der Waals surface area contributed by atoms with Crippen molar-refractivity contribution >= 4 is 17.1 Å². The number of nitrogens with zero attached hydrogens (tertiary/aromatic N) is 5. The first-order valence-corrected chi connectivity index (χ1v) is 8.57. The molecule has 136 valence electrons. The number of hydrogen-bond donors (Lipinski definition) is 0. The summed E-state index contributed by atoms with van der Waals surface area (Å²) < 4.78 is 7.89. The zero-order valence-corrected chi connectivity index (χ0v) is 15.0. The molecule has 0 radical (unpaired) electrons. The highest BCUT2D eigenvalue weighted by Crippen LogP contribution is 2.13. The van der Waals surface area contributed by atoms with Gasteiger partial charge in [-0.2, -0.15) is 0 Å². The van der Waals surface area contributed by atoms with Gasteiger partial charge in [-0.05, 0) is 25.8 Å². The van der Waals surface area contributed by atoms with Crippen LogP contribution in [-0.4, -0.2) is 37.1 Å². The normalized spacial score (nSPS) is 12.3. The number of aromatic nitrogens is 5. The lowest BCUT2D eigenvalue weighted by Gasteiger charge is -2.15. The third-order valence-electron chi connectivity index (χ3n) is 4.18. The highest BCUT2D eigenvalue weighted by molar-refractivity contribution is 5.75. The molecule has 0 spiro atoms. The molecule has 1 unspecified atom stereocenters. The van der Waals surface area contributed by atoms with Crippen molar-refractivity contribution < 1.29 is 9.53 Å². The molecule has 26 heavy (non-hydrogen) atoms. The number of aryl methyl sites for hydroxylation is 1. The Hall–Kier alpha value is -3.03. The molecule has 8 nitrogen and oxygen atoms in total. The van der Waals surface area contributed by atoms with Crippen LogP contribution >= 0.6 is 0 Å². The third kappa shape index (κ3) is 3.35. The van der Waals surface area contributed by atoms with Crippen LogP contribution in [0.3, 0.4) is 0 Å². The molecule has 0 amide bonds. The van der Waals surface area contributed by atoms with Crippen molar-refractivity contribution in [3.05, 3.63) is 52.1 Å². The van der Waals surface area contributed by atoms with E-state index in [1.54, 1.807) is 11.6 Å². The van der Waals surface area contributed by atoms with Gasteiger partial charge in [0.2, 0.25) is 0 Å². The fourth-order valence-corrected chi connectivity index (χ4v) is 2.78. The van der Waals surface area contributed by atoms with Gasteiger partial charge in [0.1, 0.15) is 12.4 Å². The second-order valence-corrected chi connectivity index (χ2v) is 6.04. The number of carbonyl (C=O) groups excluding carboxylic acids is 1. The lowest BCUT2D eigenvalue weighted by Crippen LogP contribution is -2.31. The summed E-state index contributed by atoms with van der Waals surface area (Å²) in [5, 5.41) is 8.04. The second-order valence-electron chi connectivity index (χ2n) is 6.04. The Labute approximate surface area is 150 Å². The molecule has 0 bridgehead atoms. The number of hydrogen-bond acceptors (Lipinski definition) is 6. The van der Waals surface area contributed by atoms with Gasteiger partial charge in [-0.1, -0.05) is 42.0 Å². The van der Waals surface area contributed by atoms with Crippen molar-refractivity contribution in [2.24, 2.45) is 0 Å². The van der Waals surface area contributed by atoms with Crippen LogP contribution in [-0.2, 0) is 16.1 Å². The van der Waals surface area contributed by atoms with E-state index in [2.05, 4.69) is 15.3 Å². The van der Waals surface area contributed by atoms with E-state index in [4.69, 9.17) is 4.74 Å². The maximum atomic E-state index is 12.7. The first kappa shape index (κ1) is 17.8. The maximum Gasteiger partial charge on any atom is 0.329 e. The first-order chi connectivity index (χ1) is 12.5. The van der Waals surface area contributed by atoms with Crippen LogP contribution in [0.2, 0.25) is 0 Å². The van der Waals surface area contributed by atoms with Crippen LogP contribution in [0.25, 0.3) is 11.2 Å². The van der Waals surface area contributed by atoms with Gasteiger partial charge in [0.25, 0.3) is 5.56 Å². The predicted molar refractivity (Wildman–Crippen MR) is 95.8 cm³/mol. The smallest absolute Gasteiger partial charge is 0.329 e. The van der Waals surface area contributed by atoms with E-state index in [0.717, 1.165) is 5.56 Å². The van der Waals surface area contributed by atoms with Crippen molar-refractivity contribution in [2.75, 3.05) is 6.61 Å². The molecule has 0 aliphatic carbocycles. The summed E-state index contributed by atoms with van der Waals surface area (Å²) in [7, 11) is 0. The molecule has 0 aliphatic heterocycles. The van der Waals surface area contributed by atoms with Gasteiger partial charge < -0.3 is 4.74 Å². The number of carbonyl (C=O) groups is 1. The SMILES string of the molecule is CCOC(=O)C(CC)n1cnc2c(nnn2Cc2ccc(C)cc2)c1=O. The average molecular weight is 355 g/mol. The van der Waals surface area contributed by atoms with Crippen molar-refractivity contribution in [1.29, 1.82) is 0 Å². The number of fused-ring (bicyclic) bond motifs is 1. The predicted octanol–water partition coefficient (Wildman–Crippen LogP) is 1.86. The molecule has 0 fully saturated rings. The van der Waals surface area contributed by atoms with Gasteiger partial charge in [0, 0.05) is 0 Å². The fourth-order valence-electron chi connectivity index (χ4n) is 2.78. The molecule has 8 heteroatoms. The number of benzene rings is 1. The Morgan fingerprint density at radius 1 is 1.23 bits per heavy atom. The van der Waals surface area contributed by atoms with Crippen LogP contribution in [0, 0.1) is 6.92 Å². The van der Waals surface area contributed by atoms with Crippen LogP contribution in [0.4, 0.5) is 0 Å². The molecule has 0 saturated carbocycles. The number of ether oxygens (including phenoxy) is 1. The number of rotatable bonds is 6. The Balaban J connectivity index is 1.97. The minimum absolute atomic E-state index is 0.141. The van der Waals surface area contributed by atoms with Gasteiger partial charge in [0.15, 0.2) is 11.2 Å². The highest BCUT2D eigenvalue weighted by atomic mass is 16.5. The summed E-state index contributed by atoms with van der Waals surface area (Å²) >= 11 is 0. The zero-order chi connectivity index (χ0) is 18.7.